The van der Waals surface area contributed by atoms with Gasteiger partial charge < -0.3 is 14.8 Å². The second-order valence-electron chi connectivity index (χ2n) is 4.84. The molecule has 0 unspecified atom stereocenters. The molecule has 0 spiro atoms. The maximum Gasteiger partial charge on any atom is 0.350 e. The zero-order valence-electron chi connectivity index (χ0n) is 11.3. The second-order valence-corrected chi connectivity index (χ2v) is 5.28. The summed E-state index contributed by atoms with van der Waals surface area (Å²) in [5.74, 6) is -2.69. The van der Waals surface area contributed by atoms with Crippen LogP contribution >= 0.6 is 11.6 Å². The fourth-order valence-electron chi connectivity index (χ4n) is 1.68. The van der Waals surface area contributed by atoms with Crippen molar-refractivity contribution in [2.24, 2.45) is 0 Å². The van der Waals surface area contributed by atoms with Gasteiger partial charge in [0.05, 0.1) is 0 Å². The number of cyclic esters (lactones) is 2. The van der Waals surface area contributed by atoms with Crippen molar-refractivity contribution in [3.05, 3.63) is 40.6 Å². The second kappa shape index (κ2) is 5.17. The van der Waals surface area contributed by atoms with E-state index in [9.17, 15) is 9.59 Å². The third kappa shape index (κ3) is 3.11. The van der Waals surface area contributed by atoms with Gasteiger partial charge in [0.1, 0.15) is 0 Å². The van der Waals surface area contributed by atoms with Crippen molar-refractivity contribution in [2.75, 3.05) is 5.32 Å². The van der Waals surface area contributed by atoms with Crippen LogP contribution in [0, 0.1) is 6.92 Å². The highest BCUT2D eigenvalue weighted by molar-refractivity contribution is 6.30. The number of anilines is 1. The lowest BCUT2D eigenvalue weighted by Gasteiger charge is -2.29. The molecule has 0 bridgehead atoms. The standard InChI is InChI=1S/C14H14ClNO4/c1-8-4-5-9(15)6-11(8)16-7-10-12(17)19-14(2,3)20-13(10)18/h4-7,16H,1-3H3. The van der Waals surface area contributed by atoms with E-state index in [2.05, 4.69) is 5.32 Å². The number of rotatable bonds is 2. The molecule has 1 aromatic carbocycles. The number of hydrogen-bond donors (Lipinski definition) is 1. The summed E-state index contributed by atoms with van der Waals surface area (Å²) in [4.78, 5) is 23.5. The molecule has 0 aromatic heterocycles. The van der Waals surface area contributed by atoms with Gasteiger partial charge in [-0.25, -0.2) is 9.59 Å². The highest BCUT2D eigenvalue weighted by Crippen LogP contribution is 2.24. The molecule has 1 saturated heterocycles. The Hall–Kier alpha value is -2.01. The van der Waals surface area contributed by atoms with Gasteiger partial charge in [0.2, 0.25) is 0 Å². The van der Waals surface area contributed by atoms with Gasteiger partial charge in [0.15, 0.2) is 5.57 Å². The number of carbonyl (C=O) groups excluding carboxylic acids is 2. The fraction of sp³-hybridized carbons (Fsp3) is 0.286. The molecule has 2 rings (SSSR count). The third-order valence-electron chi connectivity index (χ3n) is 2.69. The van der Waals surface area contributed by atoms with Gasteiger partial charge in [-0.15, -0.1) is 0 Å². The Bertz CT molecular complexity index is 585. The van der Waals surface area contributed by atoms with Gasteiger partial charge in [-0.05, 0) is 24.6 Å². The lowest BCUT2D eigenvalue weighted by molar-refractivity contribution is -0.222. The summed E-state index contributed by atoms with van der Waals surface area (Å²) >= 11 is 5.89. The lowest BCUT2D eigenvalue weighted by Crippen LogP contribution is -2.42. The quantitative estimate of drug-likeness (QED) is 0.516. The molecule has 1 aliphatic rings. The molecule has 20 heavy (non-hydrogen) atoms. The topological polar surface area (TPSA) is 64.6 Å². The fourth-order valence-corrected chi connectivity index (χ4v) is 1.85. The summed E-state index contributed by atoms with van der Waals surface area (Å²) in [7, 11) is 0. The lowest BCUT2D eigenvalue weighted by atomic mass is 10.2. The van der Waals surface area contributed by atoms with Crippen LogP contribution in [-0.4, -0.2) is 17.7 Å². The minimum absolute atomic E-state index is 0.191. The van der Waals surface area contributed by atoms with Gasteiger partial charge in [-0.3, -0.25) is 0 Å². The average Bonchev–Trinajstić information content (AvgIpc) is 2.30. The molecule has 1 heterocycles. The number of carbonyl (C=O) groups is 2. The maximum atomic E-state index is 11.7. The molecule has 1 N–H and O–H groups in total. The minimum atomic E-state index is -1.24. The number of hydrogen-bond acceptors (Lipinski definition) is 5. The Morgan fingerprint density at radius 1 is 1.20 bits per heavy atom. The minimum Gasteiger partial charge on any atom is -0.419 e. The van der Waals surface area contributed by atoms with Crippen molar-refractivity contribution in [2.45, 2.75) is 26.6 Å². The van der Waals surface area contributed by atoms with Crippen LogP contribution in [0.2, 0.25) is 5.02 Å². The predicted molar refractivity (Wildman–Crippen MR) is 74.2 cm³/mol. The van der Waals surface area contributed by atoms with Crippen molar-refractivity contribution >= 4 is 29.2 Å². The van der Waals surface area contributed by atoms with Crippen LogP contribution < -0.4 is 5.32 Å². The number of benzene rings is 1. The van der Waals surface area contributed by atoms with Crippen LogP contribution in [-0.2, 0) is 19.1 Å². The summed E-state index contributed by atoms with van der Waals surface area (Å²) in [6.07, 6.45) is 1.26. The summed E-state index contributed by atoms with van der Waals surface area (Å²) in [5.41, 5.74) is 1.42. The highest BCUT2D eigenvalue weighted by Gasteiger charge is 2.38. The molecule has 0 saturated carbocycles. The Kier molecular flexibility index (Phi) is 3.72. The van der Waals surface area contributed by atoms with Crippen LogP contribution in [0.1, 0.15) is 19.4 Å². The zero-order valence-corrected chi connectivity index (χ0v) is 12.1. The number of esters is 2. The molecular formula is C14H14ClNO4. The van der Waals surface area contributed by atoms with Crippen molar-refractivity contribution in [3.8, 4) is 0 Å². The van der Waals surface area contributed by atoms with Crippen LogP contribution in [0.5, 0.6) is 0 Å². The number of nitrogens with one attached hydrogen (secondary N) is 1. The molecule has 106 valence electrons. The van der Waals surface area contributed by atoms with Crippen LogP contribution in [0.3, 0.4) is 0 Å². The monoisotopic (exact) mass is 295 g/mol. The molecular weight excluding hydrogens is 282 g/mol. The predicted octanol–water partition coefficient (Wildman–Crippen LogP) is 2.78. The maximum absolute atomic E-state index is 11.7. The number of ether oxygens (including phenoxy) is 2. The van der Waals surface area contributed by atoms with Crippen molar-refractivity contribution < 1.29 is 19.1 Å². The smallest absolute Gasteiger partial charge is 0.350 e. The molecule has 1 fully saturated rings. The van der Waals surface area contributed by atoms with Crippen molar-refractivity contribution in [3.63, 3.8) is 0 Å². The first kappa shape index (κ1) is 14.4. The molecule has 0 radical (unpaired) electrons. The first-order chi connectivity index (χ1) is 9.28. The molecule has 0 amide bonds. The molecule has 6 heteroatoms. The van der Waals surface area contributed by atoms with Gasteiger partial charge in [-0.1, -0.05) is 17.7 Å². The molecule has 0 atom stereocenters. The largest absolute Gasteiger partial charge is 0.419 e. The van der Waals surface area contributed by atoms with Crippen LogP contribution in [0.15, 0.2) is 30.0 Å². The summed E-state index contributed by atoms with van der Waals surface area (Å²) in [6.45, 7) is 4.86. The average molecular weight is 296 g/mol. The van der Waals surface area contributed by atoms with E-state index in [0.29, 0.717) is 10.7 Å². The normalized spacial score (nSPS) is 17.3. The van der Waals surface area contributed by atoms with Gasteiger partial charge >= 0.3 is 11.9 Å². The van der Waals surface area contributed by atoms with E-state index >= 15 is 0 Å². The van der Waals surface area contributed by atoms with E-state index in [4.69, 9.17) is 21.1 Å². The molecule has 0 aliphatic carbocycles. The van der Waals surface area contributed by atoms with Crippen molar-refractivity contribution in [1.82, 2.24) is 0 Å². The third-order valence-corrected chi connectivity index (χ3v) is 2.92. The first-order valence-corrected chi connectivity index (χ1v) is 6.36. The Balaban J connectivity index is 2.21. The van der Waals surface area contributed by atoms with E-state index in [0.717, 1.165) is 5.56 Å². The van der Waals surface area contributed by atoms with E-state index in [-0.39, 0.29) is 5.57 Å². The molecule has 1 aliphatic heterocycles. The summed E-state index contributed by atoms with van der Waals surface area (Å²) < 4.78 is 9.97. The number of halogens is 1. The van der Waals surface area contributed by atoms with E-state index < -0.39 is 17.7 Å². The van der Waals surface area contributed by atoms with Crippen LogP contribution in [0.25, 0.3) is 0 Å². The number of aryl methyl sites for hydroxylation is 1. The Morgan fingerprint density at radius 2 is 1.80 bits per heavy atom. The van der Waals surface area contributed by atoms with Gasteiger partial charge in [0.25, 0.3) is 5.79 Å². The van der Waals surface area contributed by atoms with E-state index in [1.807, 2.05) is 13.0 Å². The van der Waals surface area contributed by atoms with Crippen LogP contribution in [0.4, 0.5) is 5.69 Å². The van der Waals surface area contributed by atoms with E-state index in [1.165, 1.54) is 20.0 Å². The molecule has 1 aromatic rings. The first-order valence-electron chi connectivity index (χ1n) is 5.98. The SMILES string of the molecule is Cc1ccc(Cl)cc1NC=C1C(=O)OC(C)(C)OC1=O. The van der Waals surface area contributed by atoms with Crippen molar-refractivity contribution in [1.29, 1.82) is 0 Å². The van der Waals surface area contributed by atoms with Gasteiger partial charge in [-0.2, -0.15) is 0 Å². The Morgan fingerprint density at radius 3 is 2.40 bits per heavy atom. The summed E-state index contributed by atoms with van der Waals surface area (Å²) in [6, 6.07) is 5.27. The highest BCUT2D eigenvalue weighted by atomic mass is 35.5. The van der Waals surface area contributed by atoms with Gasteiger partial charge in [0, 0.05) is 30.8 Å². The Labute approximate surface area is 121 Å². The summed E-state index contributed by atoms with van der Waals surface area (Å²) in [5, 5.41) is 3.41. The molecule has 5 nitrogen and oxygen atoms in total. The zero-order chi connectivity index (χ0) is 14.9. The van der Waals surface area contributed by atoms with E-state index in [1.54, 1.807) is 12.1 Å².